The van der Waals surface area contributed by atoms with E-state index in [1.165, 1.54) is 79.2 Å². The number of carboxylic acids is 1. The van der Waals surface area contributed by atoms with E-state index in [0.29, 0.717) is 10.6 Å². The average molecular weight is 601 g/mol. The molecule has 1 aliphatic carbocycles. The zero-order chi connectivity index (χ0) is 31.0. The Morgan fingerprint density at radius 3 is 2.02 bits per heavy atom. The summed E-state index contributed by atoms with van der Waals surface area (Å²) in [6.07, 6.45) is 25.5. The van der Waals surface area contributed by atoms with E-state index < -0.39 is 5.97 Å². The summed E-state index contributed by atoms with van der Waals surface area (Å²) in [4.78, 5) is 20.0. The van der Waals surface area contributed by atoms with Crippen LogP contribution in [0, 0.1) is 42.9 Å². The molecule has 0 aromatic carbocycles. The highest BCUT2D eigenvalue weighted by Gasteiger charge is 2.14. The van der Waals surface area contributed by atoms with Gasteiger partial charge in [0.05, 0.1) is 14.8 Å². The van der Waals surface area contributed by atoms with Gasteiger partial charge < -0.3 is 15.2 Å². The van der Waals surface area contributed by atoms with Crippen molar-refractivity contribution >= 4 is 53.1 Å². The van der Waals surface area contributed by atoms with E-state index in [-0.39, 0.29) is 5.41 Å². The third-order valence-corrected chi connectivity index (χ3v) is 8.25. The number of carbonyl (C=O) groups is 2. The summed E-state index contributed by atoms with van der Waals surface area (Å²) in [6.45, 7) is 14.5. The molecule has 218 valence electrons. The van der Waals surface area contributed by atoms with Crippen LogP contribution in [0.4, 0.5) is 5.69 Å². The van der Waals surface area contributed by atoms with E-state index >= 15 is 0 Å². The van der Waals surface area contributed by atoms with E-state index in [4.69, 9.17) is 9.90 Å². The van der Waals surface area contributed by atoms with Crippen LogP contribution in [0.25, 0.3) is 0 Å². The predicted molar refractivity (Wildman–Crippen MR) is 177 cm³/mol. The Morgan fingerprint density at radius 2 is 1.65 bits per heavy atom. The van der Waals surface area contributed by atoms with Crippen molar-refractivity contribution in [3.8, 4) is 37.5 Å². The van der Waals surface area contributed by atoms with Gasteiger partial charge in [0.25, 0.3) is 0 Å². The number of allylic oxidation sites excluding steroid dienone is 1. The number of rotatable bonds is 4. The third-order valence-electron chi connectivity index (χ3n) is 5.10. The van der Waals surface area contributed by atoms with Crippen molar-refractivity contribution in [1.82, 2.24) is 4.31 Å². The number of anilines is 1. The lowest BCUT2D eigenvalue weighted by atomic mass is 9.97. The molecule has 1 saturated carbocycles. The van der Waals surface area contributed by atoms with E-state index in [1.54, 1.807) is 13.1 Å². The first-order valence-corrected chi connectivity index (χ1v) is 15.3. The minimum absolute atomic E-state index is 0.0762. The Bertz CT molecular complexity index is 1050. The van der Waals surface area contributed by atoms with Crippen LogP contribution >= 0.6 is 34.6 Å². The van der Waals surface area contributed by atoms with Crippen molar-refractivity contribution in [1.29, 1.82) is 0 Å². The van der Waals surface area contributed by atoms with Gasteiger partial charge in [0.15, 0.2) is 0 Å². The minimum atomic E-state index is -0.918. The van der Waals surface area contributed by atoms with Gasteiger partial charge in [0, 0.05) is 25.6 Å². The highest BCUT2D eigenvalue weighted by Crippen LogP contribution is 2.30. The van der Waals surface area contributed by atoms with Crippen LogP contribution in [0.1, 0.15) is 80.3 Å². The third kappa shape index (κ3) is 18.4. The molecule has 3 heterocycles. The number of nitrogens with one attached hydrogen (secondary N) is 1. The lowest BCUT2D eigenvalue weighted by Gasteiger charge is -2.10. The Labute approximate surface area is 255 Å². The fourth-order valence-electron chi connectivity index (χ4n) is 3.32. The van der Waals surface area contributed by atoms with Gasteiger partial charge in [-0.2, -0.15) is 0 Å². The maximum Gasteiger partial charge on any atom is 0.348 e. The fourth-order valence-corrected chi connectivity index (χ4v) is 6.12. The first kappa shape index (κ1) is 39.2. The quantitative estimate of drug-likeness (QED) is 0.208. The van der Waals surface area contributed by atoms with Gasteiger partial charge in [0.1, 0.15) is 11.7 Å². The number of thiophene rings is 2. The van der Waals surface area contributed by atoms with E-state index in [2.05, 4.69) is 71.2 Å². The van der Waals surface area contributed by atoms with Gasteiger partial charge in [0.2, 0.25) is 0 Å². The molecule has 5 nitrogen and oxygen atoms in total. The zero-order valence-corrected chi connectivity index (χ0v) is 26.8. The van der Waals surface area contributed by atoms with Gasteiger partial charge in [-0.25, -0.2) is 9.10 Å². The zero-order valence-electron chi connectivity index (χ0n) is 24.3. The van der Waals surface area contributed by atoms with E-state index in [1.807, 2.05) is 50.8 Å². The minimum Gasteiger partial charge on any atom is -0.477 e. The topological polar surface area (TPSA) is 69.6 Å². The highest BCUT2D eigenvalue weighted by atomic mass is 32.2. The molecule has 0 atom stereocenters. The summed E-state index contributed by atoms with van der Waals surface area (Å²) in [5.74, 6) is 5.16. The second kappa shape index (κ2) is 23.9. The molecule has 0 spiro atoms. The van der Waals surface area contributed by atoms with Gasteiger partial charge in [-0.1, -0.05) is 36.5 Å². The fraction of sp³-hybridized carbons (Fsp3) is 0.438. The van der Waals surface area contributed by atoms with Crippen molar-refractivity contribution in [2.75, 3.05) is 25.5 Å². The lowest BCUT2D eigenvalue weighted by molar-refractivity contribution is -0.0980. The highest BCUT2D eigenvalue weighted by molar-refractivity contribution is 7.98. The molecule has 4 rings (SSSR count). The van der Waals surface area contributed by atoms with Crippen LogP contribution in [0.5, 0.6) is 0 Å². The molecule has 2 aliphatic rings. The predicted octanol–water partition coefficient (Wildman–Crippen LogP) is 8.56. The average Bonchev–Trinajstić information content (AvgIpc) is 3.75. The maximum atomic E-state index is 10.9. The molecular weight excluding hydrogens is 557 g/mol. The molecule has 8 heteroatoms. The van der Waals surface area contributed by atoms with Crippen LogP contribution in [-0.4, -0.2) is 42.3 Å². The standard InChI is InChI=1S/C12H15NO2S.C8H11NS2.C7H12.2C2H2.CH2O/c1-12(2,3)6-5-8-7-9(13-4)10(16-8)11(14)15;1-2-6-9(5-1)11-8-4-3-7-10-8;1-7-5-3-2-4-6-7;3*1-2/h7,13H,1-4H3,(H,14,15);3-4,7H,1-2,5-6H2;1-6H2;2*1-2H;1H2. The molecule has 2 N–H and O–H groups in total. The number of nitrogens with zero attached hydrogens (tertiary/aromatic N) is 1. The van der Waals surface area contributed by atoms with Crippen LogP contribution < -0.4 is 5.32 Å². The van der Waals surface area contributed by atoms with Crippen LogP contribution in [0.2, 0.25) is 0 Å². The smallest absolute Gasteiger partial charge is 0.348 e. The van der Waals surface area contributed by atoms with E-state index in [0.717, 1.165) is 4.88 Å². The summed E-state index contributed by atoms with van der Waals surface area (Å²) in [5, 5.41) is 14.0. The summed E-state index contributed by atoms with van der Waals surface area (Å²) < 4.78 is 3.87. The number of hydrogen-bond donors (Lipinski definition) is 2. The van der Waals surface area contributed by atoms with Crippen molar-refractivity contribution in [3.05, 3.63) is 45.5 Å². The maximum absolute atomic E-state index is 10.9. The molecule has 0 unspecified atom stereocenters. The normalized spacial score (nSPS) is 13.7. The van der Waals surface area contributed by atoms with Gasteiger partial charge >= 0.3 is 5.97 Å². The summed E-state index contributed by atoms with van der Waals surface area (Å²) in [7, 11) is 1.70. The monoisotopic (exact) mass is 600 g/mol. The van der Waals surface area contributed by atoms with E-state index in [9.17, 15) is 4.79 Å². The van der Waals surface area contributed by atoms with Crippen molar-refractivity contribution in [2.45, 2.75) is 69.9 Å². The van der Waals surface area contributed by atoms with Crippen molar-refractivity contribution in [3.63, 3.8) is 0 Å². The largest absolute Gasteiger partial charge is 0.477 e. The van der Waals surface area contributed by atoms with Crippen LogP contribution in [-0.2, 0) is 4.79 Å². The molecule has 2 aromatic rings. The van der Waals surface area contributed by atoms with Gasteiger partial charge in [-0.05, 0) is 88.8 Å². The summed E-state index contributed by atoms with van der Waals surface area (Å²) in [6, 6.07) is 6.07. The second-order valence-electron chi connectivity index (χ2n) is 9.38. The molecule has 0 radical (unpaired) electrons. The number of terminal acetylenes is 2. The van der Waals surface area contributed by atoms with Crippen LogP contribution in [0.3, 0.4) is 0 Å². The molecule has 0 bridgehead atoms. The first-order valence-electron chi connectivity index (χ1n) is 12.8. The summed E-state index contributed by atoms with van der Waals surface area (Å²) >= 11 is 4.94. The molecular formula is C32H44N2O3S3. The Morgan fingerprint density at radius 1 is 1.07 bits per heavy atom. The molecule has 1 aliphatic heterocycles. The second-order valence-corrected chi connectivity index (χ2v) is 12.8. The van der Waals surface area contributed by atoms with Crippen LogP contribution in [0.15, 0.2) is 39.9 Å². The summed E-state index contributed by atoms with van der Waals surface area (Å²) in [5.41, 5.74) is 2.01. The van der Waals surface area contributed by atoms with Gasteiger partial charge in [-0.3, -0.25) is 0 Å². The Hall–Kier alpha value is -2.93. The van der Waals surface area contributed by atoms with Gasteiger partial charge in [-0.15, -0.1) is 48.4 Å². The van der Waals surface area contributed by atoms with Crippen molar-refractivity contribution < 1.29 is 14.7 Å². The molecule has 0 amide bonds. The Balaban J connectivity index is 0. The molecule has 40 heavy (non-hydrogen) atoms. The van der Waals surface area contributed by atoms with Crippen molar-refractivity contribution in [2.24, 2.45) is 5.41 Å². The first-order chi connectivity index (χ1) is 19.2. The SMILES string of the molecule is C#C.C#C.C=C1CCCCC1.C=O.CNc1cc(C#CC(C)(C)C)sc1C(=O)O.c1csc(SN2CCCC2)c1. The number of carboxylic acid groups (broad SMARTS) is 1. The molecule has 1 saturated heterocycles. The number of aromatic carboxylic acids is 1. The number of carbonyl (C=O) groups excluding carboxylic acids is 1. The number of hydrogen-bond acceptors (Lipinski definition) is 7. The lowest BCUT2D eigenvalue weighted by Crippen LogP contribution is -2.07. The Kier molecular flexibility index (Phi) is 23.4. The molecule has 2 fully saturated rings. The molecule has 2 aromatic heterocycles.